The first-order valence-electron chi connectivity index (χ1n) is 29.2. The van der Waals surface area contributed by atoms with Crippen molar-refractivity contribution < 1.29 is 63.3 Å². The molecule has 0 spiro atoms. The molecule has 0 bridgehead atoms. The number of aromatic nitrogens is 1. The molecule has 2 fully saturated rings. The summed E-state index contributed by atoms with van der Waals surface area (Å²) in [7, 11) is 1.50. The van der Waals surface area contributed by atoms with Crippen LogP contribution in [0.5, 0.6) is 5.75 Å². The van der Waals surface area contributed by atoms with Crippen molar-refractivity contribution in [1.82, 2.24) is 57.7 Å². The minimum Gasteiger partial charge on any atom is -0.508 e. The van der Waals surface area contributed by atoms with Crippen LogP contribution in [0.25, 0.3) is 10.9 Å². The largest absolute Gasteiger partial charge is 0.508 e. The summed E-state index contributed by atoms with van der Waals surface area (Å²) in [5.74, 6) is -8.86. The molecule has 5 rings (SSSR count). The van der Waals surface area contributed by atoms with Gasteiger partial charge in [0.05, 0.1) is 18.6 Å². The third-order valence-corrected chi connectivity index (χ3v) is 15.4. The van der Waals surface area contributed by atoms with Gasteiger partial charge in [-0.05, 0) is 92.4 Å². The number of phenols is 1. The Hall–Kier alpha value is -8.44. The first-order chi connectivity index (χ1) is 41.2. The molecule has 1 aromatic heterocycles. The van der Waals surface area contributed by atoms with E-state index >= 15 is 0 Å². The molecule has 2 heterocycles. The molecule has 1 aliphatic heterocycles. The number of hydrogen-bond acceptors (Lipinski definition) is 15. The number of carbonyl (C=O) groups excluding carboxylic acids is 10. The van der Waals surface area contributed by atoms with Crippen LogP contribution in [0.2, 0.25) is 0 Å². The van der Waals surface area contributed by atoms with Gasteiger partial charge in [0.15, 0.2) is 11.1 Å². The van der Waals surface area contributed by atoms with Crippen LogP contribution in [0.15, 0.2) is 59.7 Å². The highest BCUT2D eigenvalue weighted by molar-refractivity contribution is 7.80. The van der Waals surface area contributed by atoms with Crippen molar-refractivity contribution in [1.29, 1.82) is 0 Å². The van der Waals surface area contributed by atoms with Gasteiger partial charge in [-0.25, -0.2) is 0 Å². The Morgan fingerprint density at radius 1 is 0.736 bits per heavy atom. The lowest BCUT2D eigenvalue weighted by Gasteiger charge is -2.31. The lowest BCUT2D eigenvalue weighted by Crippen LogP contribution is -2.62. The number of nitrogens with two attached hydrogens (primary N) is 3. The molecule has 2 aromatic carbocycles. The van der Waals surface area contributed by atoms with Gasteiger partial charge < -0.3 is 90.3 Å². The molecule has 87 heavy (non-hydrogen) atoms. The average Bonchev–Trinajstić information content (AvgIpc) is 4.01. The average molecular weight is 1230 g/mol. The number of para-hydroxylation sites is 1. The molecule has 19 N–H and O–H groups in total. The molecule has 3 aromatic rings. The monoisotopic (exact) mass is 1230 g/mol. The van der Waals surface area contributed by atoms with E-state index in [2.05, 4.69) is 57.8 Å². The van der Waals surface area contributed by atoms with Crippen molar-refractivity contribution in [3.8, 4) is 5.75 Å². The highest BCUT2D eigenvalue weighted by atomic mass is 32.1. The maximum Gasteiger partial charge on any atom is 0.248 e. The predicted octanol–water partition coefficient (Wildman–Crippen LogP) is -2.02. The molecule has 1 saturated carbocycles. The Morgan fingerprint density at radius 3 is 2.01 bits per heavy atom. The number of rotatable bonds is 30. The Morgan fingerprint density at radius 2 is 1.38 bits per heavy atom. The fourth-order valence-corrected chi connectivity index (χ4v) is 10.9. The van der Waals surface area contributed by atoms with Crippen molar-refractivity contribution in [3.63, 3.8) is 0 Å². The summed E-state index contributed by atoms with van der Waals surface area (Å²) in [5.41, 5.74) is 19.2. The fourth-order valence-electron chi connectivity index (χ4n) is 10.7. The third kappa shape index (κ3) is 21.5. The van der Waals surface area contributed by atoms with Crippen LogP contribution in [0.3, 0.4) is 0 Å². The van der Waals surface area contributed by atoms with Crippen LogP contribution in [-0.4, -0.2) is 176 Å². The Bertz CT molecular complexity index is 2950. The maximum absolute atomic E-state index is 14.4. The number of phenolic OH excluding ortho intramolecular Hbond substituents is 1. The second-order valence-corrected chi connectivity index (χ2v) is 23.0. The van der Waals surface area contributed by atoms with Gasteiger partial charge in [0, 0.05) is 57.0 Å². The number of likely N-dealkylation sites (tertiary alicyclic amines) is 1. The van der Waals surface area contributed by atoms with Crippen LogP contribution < -0.4 is 65.1 Å². The van der Waals surface area contributed by atoms with E-state index < -0.39 is 126 Å². The molecule has 1 saturated heterocycles. The SMILES string of the molecule is CN=C(N)NCCC[C@H](NC(=O)[C@H](CC(C)C)NC(=S)NC(=O)[C@H](CC1CCCCC1)NC(=O)[C@@H](NC(=O)[C@H](CC(N)=O)NC(=O)[C@@H]1C(O)CCN1C(=O)[C@@H](Cc1ccc(O)cc1)NC(C)=O)[C@@H](C)O)C(=O)N[C@@H](Cc1c[nH]c2ccccc12)C(N)=O. The van der Waals surface area contributed by atoms with Gasteiger partial charge in [-0.2, -0.15) is 0 Å². The fraction of sp³-hybridized carbons (Fsp3) is 0.552. The van der Waals surface area contributed by atoms with Gasteiger partial charge in [0.25, 0.3) is 0 Å². The quantitative estimate of drug-likeness (QED) is 0.0148. The number of aromatic hydroxyl groups is 1. The minimum absolute atomic E-state index is 0.0373. The van der Waals surface area contributed by atoms with Gasteiger partial charge in [-0.1, -0.05) is 76.3 Å². The Kier molecular flexibility index (Phi) is 26.7. The van der Waals surface area contributed by atoms with Crippen LogP contribution >= 0.6 is 12.2 Å². The van der Waals surface area contributed by atoms with E-state index in [0.29, 0.717) is 24.8 Å². The summed E-state index contributed by atoms with van der Waals surface area (Å²) in [6.45, 7) is 6.16. The number of fused-ring (bicyclic) bond motifs is 1. The molecule has 2 aliphatic rings. The number of amides is 10. The number of aromatic amines is 1. The van der Waals surface area contributed by atoms with Gasteiger partial charge in [-0.3, -0.25) is 52.9 Å². The number of nitrogens with zero attached hydrogens (tertiary/aromatic N) is 2. The first-order valence-corrected chi connectivity index (χ1v) is 29.6. The normalized spacial score (nSPS) is 18.1. The smallest absolute Gasteiger partial charge is 0.248 e. The zero-order chi connectivity index (χ0) is 64.1. The summed E-state index contributed by atoms with van der Waals surface area (Å²) in [6, 6.07) is 1.85. The van der Waals surface area contributed by atoms with Crippen LogP contribution in [0, 0.1) is 11.8 Å². The minimum atomic E-state index is -1.83. The van der Waals surface area contributed by atoms with E-state index in [4.69, 9.17) is 29.4 Å². The van der Waals surface area contributed by atoms with Gasteiger partial charge >= 0.3 is 0 Å². The Balaban J connectivity index is 1.30. The van der Waals surface area contributed by atoms with Crippen LogP contribution in [0.1, 0.15) is 109 Å². The summed E-state index contributed by atoms with van der Waals surface area (Å²) in [4.78, 5) is 145. The standard InChI is InChI=1S/C58H85N15O13S/c1-30(2)24-41(51(81)66-39(16-11-22-63-57(61)62-5)50(80)67-40(49(60)79)27-35-29-64-38-15-10-9-14-37(35)38)70-58(87)72-53(83)42(25-33-12-7-6-8-13-33)68-54(84)47(31(3)74)71-52(82)43(28-46(59)78)69-55(85)48-45(77)21-23-73(48)56(86)44(65-32(4)75)26-34-17-19-36(76)20-18-34/h9-10,14-15,17-20,29-31,33,39-45,47-48,64,74,76-77H,6-8,11-13,16,21-28H2,1-5H3,(H2,59,78)(H2,60,79)(H,65,75)(H,66,81)(H,67,80)(H,68,84)(H,69,85)(H,71,82)(H3,61,62,63)(H2,70,72,83,87)/t31-,39+,40+,41+,42+,43+,44-,45?,47+,48+/m1/s1. The number of H-pyrrole nitrogens is 1. The van der Waals surface area contributed by atoms with E-state index in [9.17, 15) is 63.3 Å². The third-order valence-electron chi connectivity index (χ3n) is 15.2. The van der Waals surface area contributed by atoms with Crippen LogP contribution in [-0.2, 0) is 60.8 Å². The summed E-state index contributed by atoms with van der Waals surface area (Å²) < 4.78 is 0. The predicted molar refractivity (Wildman–Crippen MR) is 325 cm³/mol. The second-order valence-electron chi connectivity index (χ2n) is 22.6. The van der Waals surface area contributed by atoms with Crippen LogP contribution in [0.4, 0.5) is 0 Å². The molecule has 1 aliphatic carbocycles. The number of nitrogens with one attached hydrogen (secondary N) is 10. The molecular formula is C58H85N15O13S. The van der Waals surface area contributed by atoms with Gasteiger partial charge in [0.1, 0.15) is 54.1 Å². The van der Waals surface area contributed by atoms with Crippen molar-refractivity contribution in [2.75, 3.05) is 20.1 Å². The Labute approximate surface area is 509 Å². The van der Waals surface area contributed by atoms with E-state index in [-0.39, 0.29) is 80.3 Å². The van der Waals surface area contributed by atoms with Crippen molar-refractivity contribution in [3.05, 3.63) is 65.9 Å². The van der Waals surface area contributed by atoms with E-state index in [0.717, 1.165) is 40.6 Å². The molecule has 10 amide bonds. The van der Waals surface area contributed by atoms with E-state index in [1.54, 1.807) is 6.20 Å². The van der Waals surface area contributed by atoms with Gasteiger partial charge in [0.2, 0.25) is 59.1 Å². The molecule has 1 unspecified atom stereocenters. The van der Waals surface area contributed by atoms with Gasteiger partial charge in [-0.15, -0.1) is 0 Å². The number of aliphatic hydroxyl groups is 2. The summed E-state index contributed by atoms with van der Waals surface area (Å²) >= 11 is 5.62. The highest BCUT2D eigenvalue weighted by Gasteiger charge is 2.45. The number of carbonyl (C=O) groups is 10. The van der Waals surface area contributed by atoms with Crippen molar-refractivity contribution in [2.45, 2.75) is 172 Å². The zero-order valence-corrected chi connectivity index (χ0v) is 50.5. The number of aliphatic imine (C=N–C) groups is 1. The second kappa shape index (κ2) is 33.5. The number of primary amides is 2. The molecular weight excluding hydrogens is 1150 g/mol. The molecule has 28 nitrogen and oxygen atoms in total. The molecule has 10 atom stereocenters. The summed E-state index contributed by atoms with van der Waals surface area (Å²) in [5, 5.41) is 56.0. The maximum atomic E-state index is 14.4. The first kappa shape index (κ1) is 69.3. The lowest BCUT2D eigenvalue weighted by molar-refractivity contribution is -0.144. The summed E-state index contributed by atoms with van der Waals surface area (Å²) in [6.07, 6.45) is 2.31. The van der Waals surface area contributed by atoms with Crippen molar-refractivity contribution in [2.24, 2.45) is 34.0 Å². The van der Waals surface area contributed by atoms with E-state index in [1.165, 1.54) is 45.2 Å². The molecule has 0 radical (unpaired) electrons. The highest BCUT2D eigenvalue weighted by Crippen LogP contribution is 2.28. The number of thiocarbonyl (C=S) groups is 1. The molecule has 29 heteroatoms. The van der Waals surface area contributed by atoms with E-state index in [1.807, 2.05) is 38.1 Å². The zero-order valence-electron chi connectivity index (χ0n) is 49.7. The van der Waals surface area contributed by atoms with Crippen molar-refractivity contribution >= 4 is 93.3 Å². The number of benzene rings is 2. The molecule has 476 valence electrons. The topological polar surface area (TPSA) is 449 Å². The lowest BCUT2D eigenvalue weighted by atomic mass is 9.84. The number of aliphatic hydroxyl groups excluding tert-OH is 2. The number of guanidine groups is 1. The number of hydrogen-bond donors (Lipinski definition) is 16.